The van der Waals surface area contributed by atoms with Gasteiger partial charge in [-0.2, -0.15) is 0 Å². The number of ether oxygens (including phenoxy) is 1. The molecule has 0 aliphatic carbocycles. The van der Waals surface area contributed by atoms with Crippen LogP contribution in [0.2, 0.25) is 0 Å². The van der Waals surface area contributed by atoms with Crippen molar-refractivity contribution in [2.75, 3.05) is 39.3 Å². The average Bonchev–Trinajstić information content (AvgIpc) is 2.69. The first-order valence-electron chi connectivity index (χ1n) is 10.3. The van der Waals surface area contributed by atoms with Crippen molar-refractivity contribution in [3.63, 3.8) is 0 Å². The van der Waals surface area contributed by atoms with Crippen molar-refractivity contribution in [2.45, 2.75) is 52.7 Å². The summed E-state index contributed by atoms with van der Waals surface area (Å²) >= 11 is 0. The van der Waals surface area contributed by atoms with Crippen molar-refractivity contribution in [2.24, 2.45) is 4.99 Å². The predicted octanol–water partition coefficient (Wildman–Crippen LogP) is 3.25. The van der Waals surface area contributed by atoms with Gasteiger partial charge < -0.3 is 25.4 Å². The second kappa shape index (κ2) is 16.6. The first-order chi connectivity index (χ1) is 13.5. The van der Waals surface area contributed by atoms with E-state index in [1.54, 1.807) is 0 Å². The van der Waals surface area contributed by atoms with Gasteiger partial charge in [0.1, 0.15) is 24.3 Å². The minimum atomic E-state index is -0.738. The summed E-state index contributed by atoms with van der Waals surface area (Å²) in [7, 11) is 0. The number of hydrogen-bond donors (Lipinski definition) is 3. The summed E-state index contributed by atoms with van der Waals surface area (Å²) in [6, 6.07) is 6.03. The largest absolute Gasteiger partial charge is 0.491 e. The van der Waals surface area contributed by atoms with Crippen molar-refractivity contribution in [1.29, 1.82) is 0 Å². The third-order valence-corrected chi connectivity index (χ3v) is 4.45. The average molecular weight is 524 g/mol. The summed E-state index contributed by atoms with van der Waals surface area (Å²) in [5.74, 6) is 0.903. The Morgan fingerprint density at radius 2 is 1.86 bits per heavy atom. The molecule has 1 rings (SSSR count). The van der Waals surface area contributed by atoms with Gasteiger partial charge in [0.2, 0.25) is 0 Å². The molecule has 2 unspecified atom stereocenters. The lowest BCUT2D eigenvalue weighted by Crippen LogP contribution is -2.43. The van der Waals surface area contributed by atoms with E-state index in [9.17, 15) is 9.50 Å². The summed E-state index contributed by atoms with van der Waals surface area (Å²) in [6.45, 7) is 12.9. The fourth-order valence-corrected chi connectivity index (χ4v) is 2.76. The van der Waals surface area contributed by atoms with E-state index in [0.717, 1.165) is 39.0 Å². The van der Waals surface area contributed by atoms with Crippen LogP contribution >= 0.6 is 24.0 Å². The highest BCUT2D eigenvalue weighted by atomic mass is 127. The first kappa shape index (κ1) is 27.9. The van der Waals surface area contributed by atoms with Gasteiger partial charge >= 0.3 is 0 Å². The predicted molar refractivity (Wildman–Crippen MR) is 129 cm³/mol. The van der Waals surface area contributed by atoms with E-state index in [2.05, 4.69) is 41.3 Å². The van der Waals surface area contributed by atoms with Crippen LogP contribution < -0.4 is 15.4 Å². The van der Waals surface area contributed by atoms with Crippen molar-refractivity contribution < 1.29 is 14.2 Å². The maximum atomic E-state index is 12.9. The van der Waals surface area contributed by atoms with Crippen LogP contribution in [0.5, 0.6) is 5.75 Å². The highest BCUT2D eigenvalue weighted by Gasteiger charge is 2.09. The number of aliphatic hydroxyl groups excluding tert-OH is 1. The maximum absolute atomic E-state index is 12.9. The lowest BCUT2D eigenvalue weighted by atomic mass is 10.2. The molecule has 0 spiro atoms. The molecule has 168 valence electrons. The van der Waals surface area contributed by atoms with E-state index < -0.39 is 6.10 Å². The standard InChI is InChI=1S/C21H37FN4O2.HI/c1-5-23-21(25-17(4)9-8-14-26(6-2)7-3)24-15-19(27)16-28-20-12-10-18(22)11-13-20;/h10-13,17,19,27H,5-9,14-16H2,1-4H3,(H2,23,24,25);1H. The van der Waals surface area contributed by atoms with Crippen LogP contribution in [0.4, 0.5) is 4.39 Å². The van der Waals surface area contributed by atoms with Crippen LogP contribution in [-0.4, -0.2) is 67.4 Å². The highest BCUT2D eigenvalue weighted by Crippen LogP contribution is 2.11. The fraction of sp³-hybridized carbons (Fsp3) is 0.667. The van der Waals surface area contributed by atoms with Crippen LogP contribution in [0.15, 0.2) is 29.3 Å². The second-order valence-corrected chi connectivity index (χ2v) is 6.85. The number of nitrogens with one attached hydrogen (secondary N) is 2. The molecule has 3 N–H and O–H groups in total. The molecule has 0 aromatic heterocycles. The molecule has 0 aliphatic heterocycles. The van der Waals surface area contributed by atoms with E-state index in [-0.39, 0.29) is 42.9 Å². The summed E-state index contributed by atoms with van der Waals surface area (Å²) in [5.41, 5.74) is 0. The first-order valence-corrected chi connectivity index (χ1v) is 10.3. The Balaban J connectivity index is 0.00000784. The molecule has 1 aromatic rings. The minimum absolute atomic E-state index is 0. The molecule has 0 fully saturated rings. The quantitative estimate of drug-likeness (QED) is 0.210. The van der Waals surface area contributed by atoms with Gasteiger partial charge in [0.25, 0.3) is 0 Å². The molecule has 2 atom stereocenters. The Bertz CT molecular complexity index is 556. The number of halogens is 2. The Labute approximate surface area is 192 Å². The Morgan fingerprint density at radius 1 is 1.21 bits per heavy atom. The summed E-state index contributed by atoms with van der Waals surface area (Å²) in [4.78, 5) is 6.87. The van der Waals surface area contributed by atoms with Gasteiger partial charge in [0.15, 0.2) is 5.96 Å². The Hall–Kier alpha value is -1.13. The van der Waals surface area contributed by atoms with Crippen LogP contribution in [0.25, 0.3) is 0 Å². The third-order valence-electron chi connectivity index (χ3n) is 4.45. The zero-order chi connectivity index (χ0) is 20.8. The van der Waals surface area contributed by atoms with Gasteiger partial charge in [-0.1, -0.05) is 13.8 Å². The van der Waals surface area contributed by atoms with E-state index in [1.165, 1.54) is 24.3 Å². The number of aliphatic hydroxyl groups is 1. The second-order valence-electron chi connectivity index (χ2n) is 6.85. The molecule has 0 aliphatic rings. The lowest BCUT2D eigenvalue weighted by molar-refractivity contribution is 0.114. The zero-order valence-corrected chi connectivity index (χ0v) is 20.5. The number of guanidine groups is 1. The van der Waals surface area contributed by atoms with E-state index in [1.807, 2.05) is 6.92 Å². The Kier molecular flexibility index (Phi) is 16.0. The SMILES string of the molecule is CCNC(=NCC(O)COc1ccc(F)cc1)NC(C)CCCN(CC)CC.I. The van der Waals surface area contributed by atoms with E-state index in [0.29, 0.717) is 17.8 Å². The van der Waals surface area contributed by atoms with Gasteiger partial charge in [0, 0.05) is 12.6 Å². The number of rotatable bonds is 13. The molecule has 8 heteroatoms. The van der Waals surface area contributed by atoms with Gasteiger partial charge in [-0.05, 0) is 70.6 Å². The molecule has 0 amide bonds. The number of aliphatic imine (C=N–C) groups is 1. The van der Waals surface area contributed by atoms with Crippen molar-refractivity contribution >= 4 is 29.9 Å². The summed E-state index contributed by atoms with van der Waals surface area (Å²) in [6.07, 6.45) is 1.44. The van der Waals surface area contributed by atoms with Crippen LogP contribution in [0.3, 0.4) is 0 Å². The van der Waals surface area contributed by atoms with E-state index >= 15 is 0 Å². The van der Waals surface area contributed by atoms with Gasteiger partial charge in [-0.15, -0.1) is 24.0 Å². The lowest BCUT2D eigenvalue weighted by Gasteiger charge is -2.21. The molecular weight excluding hydrogens is 486 g/mol. The molecule has 0 radical (unpaired) electrons. The maximum Gasteiger partial charge on any atom is 0.191 e. The van der Waals surface area contributed by atoms with Crippen molar-refractivity contribution in [1.82, 2.24) is 15.5 Å². The number of hydrogen-bond acceptors (Lipinski definition) is 4. The topological polar surface area (TPSA) is 69.1 Å². The van der Waals surface area contributed by atoms with Gasteiger partial charge in [0.05, 0.1) is 6.54 Å². The van der Waals surface area contributed by atoms with Crippen LogP contribution in [0, 0.1) is 5.82 Å². The monoisotopic (exact) mass is 524 g/mol. The molecule has 0 saturated heterocycles. The smallest absolute Gasteiger partial charge is 0.191 e. The fourth-order valence-electron chi connectivity index (χ4n) is 2.76. The molecule has 0 heterocycles. The molecule has 29 heavy (non-hydrogen) atoms. The highest BCUT2D eigenvalue weighted by molar-refractivity contribution is 14.0. The number of nitrogens with zero attached hydrogens (tertiary/aromatic N) is 2. The zero-order valence-electron chi connectivity index (χ0n) is 18.2. The van der Waals surface area contributed by atoms with Gasteiger partial charge in [-0.25, -0.2) is 4.39 Å². The van der Waals surface area contributed by atoms with E-state index in [4.69, 9.17) is 4.74 Å². The molecule has 0 bridgehead atoms. The van der Waals surface area contributed by atoms with Crippen molar-refractivity contribution in [3.05, 3.63) is 30.1 Å². The Morgan fingerprint density at radius 3 is 2.45 bits per heavy atom. The minimum Gasteiger partial charge on any atom is -0.491 e. The number of benzene rings is 1. The van der Waals surface area contributed by atoms with Crippen molar-refractivity contribution in [3.8, 4) is 5.75 Å². The third kappa shape index (κ3) is 12.9. The summed E-state index contributed by atoms with van der Waals surface area (Å²) in [5, 5.41) is 16.7. The van der Waals surface area contributed by atoms with Crippen LogP contribution in [0.1, 0.15) is 40.5 Å². The molecular formula is C21H38FIN4O2. The normalized spacial score (nSPS) is 13.6. The molecule has 0 saturated carbocycles. The van der Waals surface area contributed by atoms with Gasteiger partial charge in [-0.3, -0.25) is 4.99 Å². The van der Waals surface area contributed by atoms with Crippen LogP contribution in [-0.2, 0) is 0 Å². The molecule has 1 aromatic carbocycles. The summed E-state index contributed by atoms with van der Waals surface area (Å²) < 4.78 is 18.3. The molecule has 6 nitrogen and oxygen atoms in total.